The van der Waals surface area contributed by atoms with Crippen LogP contribution in [0.1, 0.15) is 40.3 Å². The van der Waals surface area contributed by atoms with Crippen molar-refractivity contribution < 1.29 is 22.7 Å². The van der Waals surface area contributed by atoms with Crippen molar-refractivity contribution in [3.8, 4) is 11.5 Å². The zero-order valence-electron chi connectivity index (χ0n) is 15.8. The van der Waals surface area contributed by atoms with Crippen molar-refractivity contribution in [2.24, 2.45) is 7.05 Å². The van der Waals surface area contributed by atoms with Gasteiger partial charge < -0.3 is 14.8 Å². The molecule has 1 aliphatic rings. The van der Waals surface area contributed by atoms with Gasteiger partial charge in [0, 0.05) is 30.3 Å². The predicted octanol–water partition coefficient (Wildman–Crippen LogP) is 1.40. The van der Waals surface area contributed by atoms with Crippen LogP contribution < -0.4 is 14.8 Å². The maximum absolute atomic E-state index is 12.8. The summed E-state index contributed by atoms with van der Waals surface area (Å²) in [7, 11) is 1.64. The Balaban J connectivity index is 1.89. The SMILES string of the molecule is COc1ccc(OC)c([C@H](C)NC(=O)c2nn(C)c3c2CS(=O)(=O)CC3)c1. The minimum atomic E-state index is -3.21. The highest BCUT2D eigenvalue weighted by Gasteiger charge is 2.31. The van der Waals surface area contributed by atoms with E-state index in [-0.39, 0.29) is 23.2 Å². The lowest BCUT2D eigenvalue weighted by Crippen LogP contribution is -2.29. The molecule has 1 atom stereocenters. The number of hydrogen-bond donors (Lipinski definition) is 1. The Kier molecular flexibility index (Phi) is 5.14. The first kappa shape index (κ1) is 19.2. The van der Waals surface area contributed by atoms with Crippen LogP contribution in [-0.2, 0) is 29.1 Å². The van der Waals surface area contributed by atoms with Gasteiger partial charge in [0.1, 0.15) is 11.5 Å². The predicted molar refractivity (Wildman–Crippen MR) is 99.8 cm³/mol. The Bertz CT molecular complexity index is 981. The molecule has 0 spiro atoms. The number of carbonyl (C=O) groups is 1. The summed E-state index contributed by atoms with van der Waals surface area (Å²) in [6.07, 6.45) is 0.369. The lowest BCUT2D eigenvalue weighted by atomic mass is 10.1. The molecule has 27 heavy (non-hydrogen) atoms. The van der Waals surface area contributed by atoms with E-state index in [1.807, 2.05) is 6.92 Å². The molecule has 1 N–H and O–H groups in total. The number of carbonyl (C=O) groups excluding carboxylic acids is 1. The second-order valence-corrected chi connectivity index (χ2v) is 8.73. The summed E-state index contributed by atoms with van der Waals surface area (Å²) in [5.74, 6) is 0.775. The number of fused-ring (bicyclic) bond motifs is 1. The molecule has 8 nitrogen and oxygen atoms in total. The second kappa shape index (κ2) is 7.22. The fraction of sp³-hybridized carbons (Fsp3) is 0.444. The fourth-order valence-electron chi connectivity index (χ4n) is 3.31. The van der Waals surface area contributed by atoms with Crippen molar-refractivity contribution in [1.82, 2.24) is 15.1 Å². The number of rotatable bonds is 5. The molecule has 0 fully saturated rings. The zero-order valence-corrected chi connectivity index (χ0v) is 16.6. The third-order valence-corrected chi connectivity index (χ3v) is 6.31. The molecule has 0 saturated carbocycles. The molecule has 1 aliphatic heterocycles. The molecule has 2 aromatic rings. The van der Waals surface area contributed by atoms with Crippen LogP contribution in [0.5, 0.6) is 11.5 Å². The van der Waals surface area contributed by atoms with Crippen LogP contribution in [0.3, 0.4) is 0 Å². The Morgan fingerprint density at radius 3 is 2.70 bits per heavy atom. The summed E-state index contributed by atoms with van der Waals surface area (Å²) in [6.45, 7) is 1.82. The summed E-state index contributed by atoms with van der Waals surface area (Å²) < 4.78 is 36.2. The van der Waals surface area contributed by atoms with Crippen molar-refractivity contribution >= 4 is 15.7 Å². The summed E-state index contributed by atoms with van der Waals surface area (Å²) in [4.78, 5) is 12.8. The van der Waals surface area contributed by atoms with Gasteiger partial charge in [-0.3, -0.25) is 9.48 Å². The molecule has 1 aromatic carbocycles. The average Bonchev–Trinajstić information content (AvgIpc) is 2.95. The first-order valence-electron chi connectivity index (χ1n) is 8.53. The largest absolute Gasteiger partial charge is 0.497 e. The topological polar surface area (TPSA) is 99.5 Å². The summed E-state index contributed by atoms with van der Waals surface area (Å²) >= 11 is 0. The lowest BCUT2D eigenvalue weighted by molar-refractivity contribution is 0.0933. The van der Waals surface area contributed by atoms with Crippen LogP contribution in [0.4, 0.5) is 0 Å². The van der Waals surface area contributed by atoms with Gasteiger partial charge in [-0.2, -0.15) is 5.10 Å². The molecule has 0 saturated heterocycles. The van der Waals surface area contributed by atoms with E-state index in [0.29, 0.717) is 23.5 Å². The smallest absolute Gasteiger partial charge is 0.272 e. The number of nitrogens with one attached hydrogen (secondary N) is 1. The molecule has 0 bridgehead atoms. The minimum Gasteiger partial charge on any atom is -0.497 e. The molecule has 3 rings (SSSR count). The van der Waals surface area contributed by atoms with E-state index in [2.05, 4.69) is 10.4 Å². The lowest BCUT2D eigenvalue weighted by Gasteiger charge is -2.18. The Hall–Kier alpha value is -2.55. The summed E-state index contributed by atoms with van der Waals surface area (Å²) in [5, 5.41) is 7.15. The Morgan fingerprint density at radius 1 is 1.30 bits per heavy atom. The number of sulfone groups is 1. The van der Waals surface area contributed by atoms with E-state index in [0.717, 1.165) is 11.3 Å². The highest BCUT2D eigenvalue weighted by Crippen LogP contribution is 2.30. The van der Waals surface area contributed by atoms with Crippen molar-refractivity contribution in [2.45, 2.75) is 25.1 Å². The number of methoxy groups -OCH3 is 2. The Labute approximate surface area is 158 Å². The quantitative estimate of drug-likeness (QED) is 0.824. The van der Waals surface area contributed by atoms with Crippen molar-refractivity contribution in [3.05, 3.63) is 40.7 Å². The number of amides is 1. The maximum Gasteiger partial charge on any atom is 0.272 e. The van der Waals surface area contributed by atoms with Crippen molar-refractivity contribution in [3.63, 3.8) is 0 Å². The Morgan fingerprint density at radius 2 is 2.04 bits per heavy atom. The maximum atomic E-state index is 12.8. The van der Waals surface area contributed by atoms with Gasteiger partial charge in [0.05, 0.1) is 31.8 Å². The van der Waals surface area contributed by atoms with Crippen molar-refractivity contribution in [1.29, 1.82) is 0 Å². The van der Waals surface area contributed by atoms with Gasteiger partial charge in [-0.25, -0.2) is 8.42 Å². The normalized spacial score (nSPS) is 16.3. The fourth-order valence-corrected chi connectivity index (χ4v) is 4.71. The van der Waals surface area contributed by atoms with E-state index >= 15 is 0 Å². The summed E-state index contributed by atoms with van der Waals surface area (Å²) in [6, 6.07) is 4.95. The van der Waals surface area contributed by atoms with Crippen LogP contribution in [0, 0.1) is 0 Å². The van der Waals surface area contributed by atoms with E-state index in [9.17, 15) is 13.2 Å². The molecule has 0 aliphatic carbocycles. The van der Waals surface area contributed by atoms with Gasteiger partial charge in [-0.15, -0.1) is 0 Å². The highest BCUT2D eigenvalue weighted by molar-refractivity contribution is 7.90. The number of nitrogens with zero attached hydrogens (tertiary/aromatic N) is 2. The number of benzene rings is 1. The molecule has 1 aromatic heterocycles. The zero-order chi connectivity index (χ0) is 19.8. The standard InChI is InChI=1S/C18H23N3O5S/c1-11(13-9-12(25-3)5-6-16(13)26-4)19-18(22)17-14-10-27(23,24)8-7-15(14)21(2)20-17/h5-6,9,11H,7-8,10H2,1-4H3,(H,19,22)/t11-/m0/s1. The minimum absolute atomic E-state index is 0.0814. The third kappa shape index (κ3) is 3.78. The van der Waals surface area contributed by atoms with Gasteiger partial charge in [0.25, 0.3) is 5.91 Å². The van der Waals surface area contributed by atoms with E-state index < -0.39 is 15.7 Å². The van der Waals surface area contributed by atoms with E-state index in [1.54, 1.807) is 44.1 Å². The molecule has 146 valence electrons. The van der Waals surface area contributed by atoms with E-state index in [4.69, 9.17) is 9.47 Å². The summed E-state index contributed by atoms with van der Waals surface area (Å²) in [5.41, 5.74) is 2.19. The molecule has 9 heteroatoms. The van der Waals surface area contributed by atoms with Gasteiger partial charge >= 0.3 is 0 Å². The van der Waals surface area contributed by atoms with Gasteiger partial charge in [-0.05, 0) is 25.1 Å². The van der Waals surface area contributed by atoms with Crippen LogP contribution in [0.25, 0.3) is 0 Å². The molecular formula is C18H23N3O5S. The molecule has 1 amide bonds. The van der Waals surface area contributed by atoms with Crippen LogP contribution in [0.15, 0.2) is 18.2 Å². The van der Waals surface area contributed by atoms with Crippen LogP contribution in [-0.4, -0.2) is 44.1 Å². The molecule has 0 radical (unpaired) electrons. The number of aromatic nitrogens is 2. The van der Waals surface area contributed by atoms with Gasteiger partial charge in [-0.1, -0.05) is 0 Å². The van der Waals surface area contributed by atoms with E-state index in [1.165, 1.54) is 0 Å². The van der Waals surface area contributed by atoms with Crippen LogP contribution >= 0.6 is 0 Å². The third-order valence-electron chi connectivity index (χ3n) is 4.75. The molecule has 2 heterocycles. The monoisotopic (exact) mass is 393 g/mol. The van der Waals surface area contributed by atoms with Crippen LogP contribution in [0.2, 0.25) is 0 Å². The van der Waals surface area contributed by atoms with Gasteiger partial charge in [0.15, 0.2) is 15.5 Å². The first-order valence-corrected chi connectivity index (χ1v) is 10.4. The number of ether oxygens (including phenoxy) is 2. The second-order valence-electron chi connectivity index (χ2n) is 6.54. The number of aryl methyl sites for hydroxylation is 1. The molecule has 0 unspecified atom stereocenters. The first-order chi connectivity index (χ1) is 12.8. The van der Waals surface area contributed by atoms with Gasteiger partial charge in [0.2, 0.25) is 0 Å². The average molecular weight is 393 g/mol. The highest BCUT2D eigenvalue weighted by atomic mass is 32.2. The van der Waals surface area contributed by atoms with Crippen molar-refractivity contribution in [2.75, 3.05) is 20.0 Å². The number of hydrogen-bond acceptors (Lipinski definition) is 6. The molecular weight excluding hydrogens is 370 g/mol.